The van der Waals surface area contributed by atoms with Crippen molar-refractivity contribution in [1.82, 2.24) is 10.6 Å². The third-order valence-electron chi connectivity index (χ3n) is 2.15. The lowest BCUT2D eigenvalue weighted by Crippen LogP contribution is -2.38. The van der Waals surface area contributed by atoms with E-state index in [-0.39, 0.29) is 6.54 Å². The second kappa shape index (κ2) is 6.63. The maximum atomic E-state index is 12.0. The van der Waals surface area contributed by atoms with Crippen molar-refractivity contribution in [3.63, 3.8) is 0 Å². The van der Waals surface area contributed by atoms with Crippen molar-refractivity contribution in [3.8, 4) is 0 Å². The molecule has 0 aliphatic carbocycles. The summed E-state index contributed by atoms with van der Waals surface area (Å²) in [5.74, 6) is 0.380. The van der Waals surface area contributed by atoms with E-state index in [2.05, 4.69) is 15.6 Å². The van der Waals surface area contributed by atoms with Crippen LogP contribution in [0.15, 0.2) is 17.1 Å². The standard InChI is InChI=1S/C11H16F3N3S/c1-8-3-4-9(18-8)7-17-10(15-2)16-6-5-11(12,13)14/h3-4H,5-7H2,1-2H3,(H2,15,16,17). The summed E-state index contributed by atoms with van der Waals surface area (Å²) in [4.78, 5) is 6.18. The molecule has 0 spiro atoms. The number of nitrogens with zero attached hydrogens (tertiary/aromatic N) is 1. The lowest BCUT2D eigenvalue weighted by Gasteiger charge is -2.12. The van der Waals surface area contributed by atoms with Gasteiger partial charge >= 0.3 is 6.18 Å². The van der Waals surface area contributed by atoms with E-state index in [4.69, 9.17) is 0 Å². The molecule has 0 atom stereocenters. The number of alkyl halides is 3. The van der Waals surface area contributed by atoms with E-state index < -0.39 is 12.6 Å². The zero-order valence-corrected chi connectivity index (χ0v) is 11.1. The second-order valence-electron chi connectivity index (χ2n) is 3.73. The van der Waals surface area contributed by atoms with E-state index in [1.54, 1.807) is 11.3 Å². The topological polar surface area (TPSA) is 36.4 Å². The minimum atomic E-state index is -4.14. The first-order chi connectivity index (χ1) is 8.40. The summed E-state index contributed by atoms with van der Waals surface area (Å²) in [7, 11) is 1.53. The minimum absolute atomic E-state index is 0.174. The molecule has 0 bridgehead atoms. The maximum absolute atomic E-state index is 12.0. The first-order valence-corrected chi connectivity index (χ1v) is 6.29. The summed E-state index contributed by atoms with van der Waals surface area (Å²) < 4.78 is 35.9. The highest BCUT2D eigenvalue weighted by atomic mass is 32.1. The Hall–Kier alpha value is -1.24. The number of thiophene rings is 1. The number of halogens is 3. The zero-order chi connectivity index (χ0) is 13.6. The summed E-state index contributed by atoms with van der Waals surface area (Å²) in [6.45, 7) is 2.39. The SMILES string of the molecule is CN=C(NCCC(F)(F)F)NCc1ccc(C)s1. The quantitative estimate of drug-likeness (QED) is 0.656. The highest BCUT2D eigenvalue weighted by molar-refractivity contribution is 7.11. The van der Waals surface area contributed by atoms with Crippen molar-refractivity contribution in [2.24, 2.45) is 4.99 Å². The molecule has 0 fully saturated rings. The van der Waals surface area contributed by atoms with Gasteiger partial charge in [0.25, 0.3) is 0 Å². The lowest BCUT2D eigenvalue weighted by molar-refractivity contribution is -0.132. The molecule has 3 nitrogen and oxygen atoms in total. The summed E-state index contributed by atoms with van der Waals surface area (Å²) in [5, 5.41) is 5.59. The Bertz CT molecular complexity index is 398. The van der Waals surface area contributed by atoms with E-state index in [0.717, 1.165) is 4.88 Å². The maximum Gasteiger partial charge on any atom is 0.390 e. The van der Waals surface area contributed by atoms with Crippen LogP contribution in [0.5, 0.6) is 0 Å². The van der Waals surface area contributed by atoms with Gasteiger partial charge in [0.1, 0.15) is 0 Å². The fourth-order valence-electron chi connectivity index (χ4n) is 1.29. The second-order valence-corrected chi connectivity index (χ2v) is 5.10. The Morgan fingerprint density at radius 2 is 2.06 bits per heavy atom. The van der Waals surface area contributed by atoms with Gasteiger partial charge in [0.15, 0.2) is 5.96 Å². The Kier molecular flexibility index (Phi) is 5.46. The van der Waals surface area contributed by atoms with Crippen molar-refractivity contribution in [2.75, 3.05) is 13.6 Å². The predicted octanol–water partition coefficient (Wildman–Crippen LogP) is 2.67. The minimum Gasteiger partial charge on any atom is -0.356 e. The molecular formula is C11H16F3N3S. The van der Waals surface area contributed by atoms with E-state index >= 15 is 0 Å². The molecule has 1 aromatic rings. The van der Waals surface area contributed by atoms with E-state index in [0.29, 0.717) is 12.5 Å². The van der Waals surface area contributed by atoms with Gasteiger partial charge in [-0.15, -0.1) is 11.3 Å². The summed E-state index contributed by atoms with van der Waals surface area (Å²) >= 11 is 1.64. The van der Waals surface area contributed by atoms with Crippen molar-refractivity contribution < 1.29 is 13.2 Å². The largest absolute Gasteiger partial charge is 0.390 e. The van der Waals surface area contributed by atoms with Crippen molar-refractivity contribution in [1.29, 1.82) is 0 Å². The van der Waals surface area contributed by atoms with E-state index in [9.17, 15) is 13.2 Å². The van der Waals surface area contributed by atoms with E-state index in [1.807, 2.05) is 19.1 Å². The Balaban J connectivity index is 2.30. The highest BCUT2D eigenvalue weighted by Crippen LogP contribution is 2.18. The predicted molar refractivity (Wildman–Crippen MR) is 67.9 cm³/mol. The van der Waals surface area contributed by atoms with Gasteiger partial charge in [-0.05, 0) is 19.1 Å². The molecule has 0 amide bonds. The number of guanidine groups is 1. The number of aryl methyl sites for hydroxylation is 1. The Morgan fingerprint density at radius 3 is 2.56 bits per heavy atom. The van der Waals surface area contributed by atoms with Crippen LogP contribution in [0.25, 0.3) is 0 Å². The van der Waals surface area contributed by atoms with Gasteiger partial charge < -0.3 is 10.6 Å². The molecule has 102 valence electrons. The molecule has 1 rings (SSSR count). The molecule has 2 N–H and O–H groups in total. The normalized spacial score (nSPS) is 12.6. The van der Waals surface area contributed by atoms with Crippen LogP contribution in [0.3, 0.4) is 0 Å². The molecule has 7 heteroatoms. The summed E-state index contributed by atoms with van der Waals surface area (Å²) in [6.07, 6.45) is -5.01. The van der Waals surface area contributed by atoms with Gasteiger partial charge in [-0.2, -0.15) is 13.2 Å². The lowest BCUT2D eigenvalue weighted by atomic mass is 10.4. The van der Waals surface area contributed by atoms with Gasteiger partial charge in [0.2, 0.25) is 0 Å². The van der Waals surface area contributed by atoms with Crippen molar-refractivity contribution in [3.05, 3.63) is 21.9 Å². The van der Waals surface area contributed by atoms with E-state index in [1.165, 1.54) is 11.9 Å². The fourth-order valence-corrected chi connectivity index (χ4v) is 2.12. The van der Waals surface area contributed by atoms with Gasteiger partial charge in [0, 0.05) is 23.3 Å². The Morgan fingerprint density at radius 1 is 1.33 bits per heavy atom. The third kappa shape index (κ3) is 5.90. The molecular weight excluding hydrogens is 263 g/mol. The van der Waals surface area contributed by atoms with Crippen molar-refractivity contribution in [2.45, 2.75) is 26.1 Å². The fraction of sp³-hybridized carbons (Fsp3) is 0.545. The highest BCUT2D eigenvalue weighted by Gasteiger charge is 2.26. The molecule has 0 radical (unpaired) electrons. The van der Waals surface area contributed by atoms with Gasteiger partial charge in [-0.25, -0.2) is 0 Å². The Labute approximate surface area is 108 Å². The molecule has 0 saturated heterocycles. The molecule has 1 aromatic heterocycles. The molecule has 0 aliphatic heterocycles. The molecule has 0 unspecified atom stereocenters. The first kappa shape index (κ1) is 14.8. The van der Waals surface area contributed by atoms with Crippen LogP contribution in [-0.4, -0.2) is 25.7 Å². The van der Waals surface area contributed by atoms with Crippen LogP contribution < -0.4 is 10.6 Å². The monoisotopic (exact) mass is 279 g/mol. The smallest absolute Gasteiger partial charge is 0.356 e. The van der Waals surface area contributed by atoms with Crippen molar-refractivity contribution >= 4 is 17.3 Å². The van der Waals surface area contributed by atoms with Gasteiger partial charge in [-0.3, -0.25) is 4.99 Å². The molecule has 18 heavy (non-hydrogen) atoms. The average Bonchev–Trinajstić information content (AvgIpc) is 2.67. The number of hydrogen-bond acceptors (Lipinski definition) is 2. The average molecular weight is 279 g/mol. The molecule has 0 saturated carbocycles. The van der Waals surface area contributed by atoms with Gasteiger partial charge in [-0.1, -0.05) is 0 Å². The van der Waals surface area contributed by atoms with Crippen LogP contribution in [-0.2, 0) is 6.54 Å². The molecule has 0 aromatic carbocycles. The van der Waals surface area contributed by atoms with Crippen LogP contribution in [0.4, 0.5) is 13.2 Å². The zero-order valence-electron chi connectivity index (χ0n) is 10.3. The summed E-state index contributed by atoms with van der Waals surface area (Å²) in [6, 6.07) is 3.98. The number of rotatable bonds is 4. The number of aliphatic imine (C=N–C) groups is 1. The molecule has 1 heterocycles. The number of nitrogens with one attached hydrogen (secondary N) is 2. The third-order valence-corrected chi connectivity index (χ3v) is 3.15. The van der Waals surface area contributed by atoms with Crippen LogP contribution in [0.2, 0.25) is 0 Å². The van der Waals surface area contributed by atoms with Crippen LogP contribution in [0.1, 0.15) is 16.2 Å². The van der Waals surface area contributed by atoms with Gasteiger partial charge in [0.05, 0.1) is 13.0 Å². The number of hydrogen-bond donors (Lipinski definition) is 2. The van der Waals surface area contributed by atoms with Crippen LogP contribution >= 0.6 is 11.3 Å². The first-order valence-electron chi connectivity index (χ1n) is 5.47. The van der Waals surface area contributed by atoms with Crippen LogP contribution in [0, 0.1) is 6.92 Å². The summed E-state index contributed by atoms with van der Waals surface area (Å²) in [5.41, 5.74) is 0. The molecule has 0 aliphatic rings.